The predicted molar refractivity (Wildman–Crippen MR) is 98.0 cm³/mol. The van der Waals surface area contributed by atoms with Crippen molar-refractivity contribution >= 4 is 17.6 Å². The Labute approximate surface area is 156 Å². The minimum Gasteiger partial charge on any atom is -0.366 e. The number of hydrogen-bond donors (Lipinski definition) is 2. The number of primary amides is 1. The third kappa shape index (κ3) is 3.01. The van der Waals surface area contributed by atoms with Crippen molar-refractivity contribution in [2.24, 2.45) is 5.73 Å². The van der Waals surface area contributed by atoms with Crippen molar-refractivity contribution in [3.63, 3.8) is 0 Å². The van der Waals surface area contributed by atoms with Gasteiger partial charge in [0.2, 0.25) is 0 Å². The molecule has 1 aliphatic heterocycles. The van der Waals surface area contributed by atoms with Gasteiger partial charge >= 0.3 is 6.03 Å². The topological polar surface area (TPSA) is 117 Å². The number of aromatic nitrogens is 2. The van der Waals surface area contributed by atoms with Crippen molar-refractivity contribution in [3.05, 3.63) is 46.5 Å². The van der Waals surface area contributed by atoms with Crippen LogP contribution in [0.3, 0.4) is 0 Å². The van der Waals surface area contributed by atoms with E-state index in [4.69, 9.17) is 5.73 Å². The van der Waals surface area contributed by atoms with E-state index in [-0.39, 0.29) is 18.1 Å². The summed E-state index contributed by atoms with van der Waals surface area (Å²) < 4.78 is 2.02. The maximum absolute atomic E-state index is 12.6. The second-order valence-electron chi connectivity index (χ2n) is 7.02. The molecule has 0 unspecified atom stereocenters. The zero-order valence-electron chi connectivity index (χ0n) is 15.0. The average Bonchev–Trinajstić information content (AvgIpc) is 3.43. The summed E-state index contributed by atoms with van der Waals surface area (Å²) >= 11 is 0. The Morgan fingerprint density at radius 1 is 1.33 bits per heavy atom. The van der Waals surface area contributed by atoms with E-state index in [1.165, 1.54) is 0 Å². The van der Waals surface area contributed by atoms with Gasteiger partial charge in [0.15, 0.2) is 0 Å². The third-order valence-electron chi connectivity index (χ3n) is 5.12. The van der Waals surface area contributed by atoms with Gasteiger partial charge in [-0.05, 0) is 31.9 Å². The molecule has 2 aromatic heterocycles. The SMILES string of the molecule is Cc1ccc(NC(=O)N2CCn3c(c(C(N)=O)c(C#N)c3C3CC3)C2)cn1. The van der Waals surface area contributed by atoms with Gasteiger partial charge in [-0.3, -0.25) is 9.78 Å². The smallest absolute Gasteiger partial charge is 0.322 e. The van der Waals surface area contributed by atoms with Gasteiger partial charge in [-0.25, -0.2) is 4.79 Å². The van der Waals surface area contributed by atoms with Crippen LogP contribution in [0.2, 0.25) is 0 Å². The molecule has 0 saturated heterocycles. The van der Waals surface area contributed by atoms with Gasteiger partial charge in [0, 0.05) is 30.4 Å². The van der Waals surface area contributed by atoms with Crippen LogP contribution < -0.4 is 11.1 Å². The molecule has 3 amide bonds. The number of nitriles is 1. The number of urea groups is 1. The third-order valence-corrected chi connectivity index (χ3v) is 5.12. The predicted octanol–water partition coefficient (Wildman–Crippen LogP) is 2.09. The van der Waals surface area contributed by atoms with Crippen molar-refractivity contribution in [3.8, 4) is 6.07 Å². The van der Waals surface area contributed by atoms with Crippen molar-refractivity contribution in [2.45, 2.75) is 38.8 Å². The van der Waals surface area contributed by atoms with E-state index < -0.39 is 5.91 Å². The fourth-order valence-corrected chi connectivity index (χ4v) is 3.67. The summed E-state index contributed by atoms with van der Waals surface area (Å²) in [6.45, 7) is 3.16. The lowest BCUT2D eigenvalue weighted by Gasteiger charge is -2.30. The molecule has 0 aromatic carbocycles. The molecule has 8 nitrogen and oxygen atoms in total. The summed E-state index contributed by atoms with van der Waals surface area (Å²) in [4.78, 5) is 30.5. The lowest BCUT2D eigenvalue weighted by atomic mass is 10.1. The number of amides is 3. The first-order chi connectivity index (χ1) is 13.0. The first kappa shape index (κ1) is 17.1. The number of nitrogens with one attached hydrogen (secondary N) is 1. The van der Waals surface area contributed by atoms with E-state index in [1.807, 2.05) is 17.6 Å². The molecule has 2 aromatic rings. The van der Waals surface area contributed by atoms with E-state index in [0.29, 0.717) is 36.0 Å². The van der Waals surface area contributed by atoms with Gasteiger partial charge in [0.25, 0.3) is 5.91 Å². The van der Waals surface area contributed by atoms with E-state index in [0.717, 1.165) is 24.2 Å². The fraction of sp³-hybridized carbons (Fsp3) is 0.368. The summed E-state index contributed by atoms with van der Waals surface area (Å²) in [5, 5.41) is 12.4. The zero-order chi connectivity index (χ0) is 19.1. The fourth-order valence-electron chi connectivity index (χ4n) is 3.67. The Morgan fingerprint density at radius 2 is 2.11 bits per heavy atom. The molecule has 0 atom stereocenters. The van der Waals surface area contributed by atoms with Gasteiger partial charge in [-0.2, -0.15) is 5.26 Å². The summed E-state index contributed by atoms with van der Waals surface area (Å²) in [5.74, 6) is -0.308. The highest BCUT2D eigenvalue weighted by Crippen LogP contribution is 2.44. The van der Waals surface area contributed by atoms with E-state index in [9.17, 15) is 14.9 Å². The van der Waals surface area contributed by atoms with Crippen LogP contribution in [0.25, 0.3) is 0 Å². The maximum Gasteiger partial charge on any atom is 0.322 e. The molecule has 0 radical (unpaired) electrons. The largest absolute Gasteiger partial charge is 0.366 e. The molecule has 2 aliphatic rings. The van der Waals surface area contributed by atoms with E-state index in [2.05, 4.69) is 16.4 Å². The second kappa shape index (κ2) is 6.43. The highest BCUT2D eigenvalue weighted by atomic mass is 16.2. The van der Waals surface area contributed by atoms with Crippen molar-refractivity contribution in [2.75, 3.05) is 11.9 Å². The normalized spacial score (nSPS) is 15.8. The van der Waals surface area contributed by atoms with Gasteiger partial charge in [0.05, 0.1) is 35.2 Å². The van der Waals surface area contributed by atoms with Crippen LogP contribution in [-0.2, 0) is 13.1 Å². The number of aryl methyl sites for hydroxylation is 1. The van der Waals surface area contributed by atoms with Gasteiger partial charge < -0.3 is 20.5 Å². The molecule has 3 heterocycles. The maximum atomic E-state index is 12.6. The Balaban J connectivity index is 1.62. The molecule has 4 rings (SSSR count). The van der Waals surface area contributed by atoms with Gasteiger partial charge in [-0.15, -0.1) is 0 Å². The Hall–Kier alpha value is -3.34. The molecule has 0 bridgehead atoms. The van der Waals surface area contributed by atoms with Crippen molar-refractivity contribution < 1.29 is 9.59 Å². The molecule has 8 heteroatoms. The van der Waals surface area contributed by atoms with E-state index in [1.54, 1.807) is 17.2 Å². The molecule has 1 saturated carbocycles. The van der Waals surface area contributed by atoms with Crippen LogP contribution in [-0.4, -0.2) is 32.9 Å². The van der Waals surface area contributed by atoms with Crippen LogP contribution in [0.1, 0.15) is 51.8 Å². The van der Waals surface area contributed by atoms with Gasteiger partial charge in [-0.1, -0.05) is 0 Å². The summed E-state index contributed by atoms with van der Waals surface area (Å²) in [7, 11) is 0. The number of rotatable bonds is 3. The molecule has 1 fully saturated rings. The quantitative estimate of drug-likeness (QED) is 0.867. The lowest BCUT2D eigenvalue weighted by molar-refractivity contribution is 0.0997. The minimum atomic E-state index is -0.618. The van der Waals surface area contributed by atoms with Crippen LogP contribution >= 0.6 is 0 Å². The number of carbonyl (C=O) groups is 2. The van der Waals surface area contributed by atoms with Crippen LogP contribution in [0.5, 0.6) is 0 Å². The first-order valence-electron chi connectivity index (χ1n) is 8.93. The minimum absolute atomic E-state index is 0.241. The number of pyridine rings is 1. The lowest BCUT2D eigenvalue weighted by Crippen LogP contribution is -2.41. The van der Waals surface area contributed by atoms with Crippen LogP contribution in [0.4, 0.5) is 10.5 Å². The van der Waals surface area contributed by atoms with E-state index >= 15 is 0 Å². The monoisotopic (exact) mass is 364 g/mol. The molecular weight excluding hydrogens is 344 g/mol. The standard InChI is InChI=1S/C19H20N6O2/c1-11-2-5-13(9-22-11)23-19(27)24-6-7-25-15(10-24)16(18(21)26)14(8-20)17(25)12-3-4-12/h2,5,9,12H,3-4,6-7,10H2,1H3,(H2,21,26)(H,23,27). The number of anilines is 1. The number of fused-ring (bicyclic) bond motifs is 1. The molecule has 27 heavy (non-hydrogen) atoms. The Kier molecular flexibility index (Phi) is 4.07. The van der Waals surface area contributed by atoms with Crippen LogP contribution in [0.15, 0.2) is 18.3 Å². The summed E-state index contributed by atoms with van der Waals surface area (Å²) in [6.07, 6.45) is 3.63. The Morgan fingerprint density at radius 3 is 2.70 bits per heavy atom. The van der Waals surface area contributed by atoms with Gasteiger partial charge in [0.1, 0.15) is 6.07 Å². The highest BCUT2D eigenvalue weighted by molar-refractivity contribution is 5.98. The molecule has 3 N–H and O–H groups in total. The summed E-state index contributed by atoms with van der Waals surface area (Å²) in [6, 6.07) is 5.51. The highest BCUT2D eigenvalue weighted by Gasteiger charge is 2.37. The number of nitrogens with zero attached hydrogens (tertiary/aromatic N) is 4. The van der Waals surface area contributed by atoms with Crippen molar-refractivity contribution in [1.29, 1.82) is 5.26 Å². The molecular formula is C19H20N6O2. The number of hydrogen-bond acceptors (Lipinski definition) is 4. The first-order valence-corrected chi connectivity index (χ1v) is 8.93. The van der Waals surface area contributed by atoms with Crippen LogP contribution in [0, 0.1) is 18.3 Å². The average molecular weight is 364 g/mol. The zero-order valence-corrected chi connectivity index (χ0v) is 15.0. The second-order valence-corrected chi connectivity index (χ2v) is 7.02. The molecule has 1 aliphatic carbocycles. The molecule has 138 valence electrons. The summed E-state index contributed by atoms with van der Waals surface area (Å²) in [5.41, 5.74) is 9.25. The number of carbonyl (C=O) groups excluding carboxylic acids is 2. The van der Waals surface area contributed by atoms with Crippen molar-refractivity contribution in [1.82, 2.24) is 14.5 Å². The molecule has 0 spiro atoms. The number of nitrogens with two attached hydrogens (primary N) is 1. The Bertz CT molecular complexity index is 966.